The van der Waals surface area contributed by atoms with Gasteiger partial charge in [0.25, 0.3) is 17.4 Å². The van der Waals surface area contributed by atoms with Crippen molar-refractivity contribution < 1.29 is 19.1 Å². The van der Waals surface area contributed by atoms with Crippen molar-refractivity contribution in [3.05, 3.63) is 240 Å². The highest BCUT2D eigenvalue weighted by Crippen LogP contribution is 2.25. The van der Waals surface area contributed by atoms with Crippen LogP contribution >= 0.6 is 15.9 Å². The number of amides is 2. The number of para-hydroxylation sites is 1. The first-order valence-corrected chi connectivity index (χ1v) is 29.6. The van der Waals surface area contributed by atoms with Gasteiger partial charge in [-0.1, -0.05) is 131 Å². The van der Waals surface area contributed by atoms with Crippen LogP contribution < -0.4 is 36.7 Å². The second-order valence-electron chi connectivity index (χ2n) is 20.6. The first-order chi connectivity index (χ1) is 43.4. The molecule has 0 saturated carbocycles. The summed E-state index contributed by atoms with van der Waals surface area (Å²) in [5, 5.41) is 40.9. The topological polar surface area (TPSA) is 279 Å². The van der Waals surface area contributed by atoms with Gasteiger partial charge in [0.1, 0.15) is 11.5 Å². The Labute approximate surface area is 522 Å². The monoisotopic (exact) mass is 1250 g/mol. The van der Waals surface area contributed by atoms with Crippen LogP contribution in [0.25, 0.3) is 22.0 Å². The van der Waals surface area contributed by atoms with Crippen LogP contribution in [0.5, 0.6) is 11.5 Å². The van der Waals surface area contributed by atoms with Crippen molar-refractivity contribution in [2.24, 2.45) is 20.4 Å². The second kappa shape index (κ2) is 31.6. The van der Waals surface area contributed by atoms with Crippen molar-refractivity contribution in [2.75, 3.05) is 25.1 Å². The molecule has 0 saturated heterocycles. The van der Waals surface area contributed by atoms with Gasteiger partial charge in [-0.15, -0.1) is 5.10 Å². The van der Waals surface area contributed by atoms with Crippen LogP contribution in [0.4, 0.5) is 11.8 Å². The summed E-state index contributed by atoms with van der Waals surface area (Å²) in [6.07, 6.45) is 15.0. The number of rotatable bonds is 15. The Morgan fingerprint density at radius 1 is 0.640 bits per heavy atom. The molecule has 0 fully saturated rings. The van der Waals surface area contributed by atoms with Crippen molar-refractivity contribution >= 4 is 74.6 Å². The van der Waals surface area contributed by atoms with Gasteiger partial charge in [0.2, 0.25) is 5.95 Å². The summed E-state index contributed by atoms with van der Waals surface area (Å²) in [6.45, 7) is 6.00. The van der Waals surface area contributed by atoms with Gasteiger partial charge in [0.05, 0.1) is 50.5 Å². The largest absolute Gasteiger partial charge is 0.497 e. The maximum absolute atomic E-state index is 12.3. The van der Waals surface area contributed by atoms with E-state index >= 15 is 0 Å². The summed E-state index contributed by atoms with van der Waals surface area (Å²) >= 11 is 3.40. The average molecular weight is 1260 g/mol. The number of methoxy groups -OCH3 is 2. The number of hydrogen-bond acceptors (Lipinski definition) is 16. The third-order valence-electron chi connectivity index (χ3n) is 14.3. The Balaban J connectivity index is 0.000000141. The lowest BCUT2D eigenvalue weighted by atomic mass is 9.96. The molecule has 6 aromatic carbocycles. The third kappa shape index (κ3) is 17.7. The quantitative estimate of drug-likeness (QED) is 0.0373. The smallest absolute Gasteiger partial charge is 0.292 e. The van der Waals surface area contributed by atoms with E-state index in [2.05, 4.69) is 131 Å². The van der Waals surface area contributed by atoms with Crippen LogP contribution in [0.3, 0.4) is 0 Å². The van der Waals surface area contributed by atoms with Crippen LogP contribution in [0, 0.1) is 13.8 Å². The fraction of sp³-hybridized carbons (Fsp3) is 0.194. The standard InChI is InChI=1S/C18H16N4O2.C17H16N4.C16H17BrN4O.C16H18N4O2/c1-24-16-10-6-5-9-14(16)12-19-22-18-20-15(11-17(23)21-18)13-7-3-2-4-8-13;1-12-7-8-13(2)15(9-12)11-19-21-17-16-6-4-3-5-14(16)10-18-20-17;1-10(11-6-8-12(17)9-7-11)18-21-16(22)15-13-4-2-3-5-14(13)19-20-15;1-22-12-6-4-5-11(9-12)10-17-20-16(21)15-13-7-2-3-8-14(13)18-19-15/h2-12H,1H3,(H2,20,21,22,23);3-11H,1-2H3,(H,20,21);6-9H,2-5H2,1H3,(H,19,20)(H,21,22);4-6,9-10H,2-3,7-8H2,1H3,(H,18,19)(H,20,21)/b19-12+;19-11+;18-10+;17-10+. The van der Waals surface area contributed by atoms with Gasteiger partial charge in [-0.05, 0) is 131 Å². The van der Waals surface area contributed by atoms with Crippen molar-refractivity contribution in [1.29, 1.82) is 0 Å². The molecule has 0 bridgehead atoms. The van der Waals surface area contributed by atoms with Gasteiger partial charge in [-0.2, -0.15) is 35.7 Å². The molecule has 4 heterocycles. The van der Waals surface area contributed by atoms with Crippen LogP contribution in [-0.2, 0) is 25.7 Å². The van der Waals surface area contributed by atoms with Crippen LogP contribution in [0.1, 0.15) is 109 Å². The number of hydrazone groups is 4. The molecule has 22 heteroatoms. The van der Waals surface area contributed by atoms with Gasteiger partial charge < -0.3 is 9.47 Å². The number of aryl methyl sites for hydroxylation is 4. The minimum absolute atomic E-state index is 0.251. The van der Waals surface area contributed by atoms with E-state index in [0.717, 1.165) is 128 Å². The molecule has 4 aromatic heterocycles. The van der Waals surface area contributed by atoms with Crippen molar-refractivity contribution in [3.63, 3.8) is 0 Å². The number of carbonyl (C=O) groups excluding carboxylic acids is 2. The number of benzene rings is 6. The highest BCUT2D eigenvalue weighted by Gasteiger charge is 2.23. The van der Waals surface area contributed by atoms with Gasteiger partial charge in [0, 0.05) is 55.0 Å². The van der Waals surface area contributed by atoms with E-state index in [1.165, 1.54) is 17.2 Å². The maximum atomic E-state index is 12.3. The van der Waals surface area contributed by atoms with Gasteiger partial charge in [0.15, 0.2) is 17.2 Å². The molecule has 2 amide bonds. The SMILES string of the molecule is C/C(=N\NC(=O)c1n[nH]c2c1CCCC2)c1ccc(Br)cc1.COc1cccc(/C=N/NC(=O)c2n[nH]c3c2CCCC3)c1.COc1ccccc1/C=N/Nc1nc(-c2ccccc2)cc(=O)[nH]1.Cc1ccc(C)c(/C=N/Nc2nncc3ccccc23)c1. The van der Waals surface area contributed by atoms with Crippen molar-refractivity contribution in [2.45, 2.75) is 72.1 Å². The van der Waals surface area contributed by atoms with E-state index < -0.39 is 0 Å². The van der Waals surface area contributed by atoms with E-state index in [1.54, 1.807) is 32.8 Å². The molecule has 452 valence electrons. The highest BCUT2D eigenvalue weighted by molar-refractivity contribution is 9.10. The molecule has 10 aromatic rings. The number of H-pyrrole nitrogens is 3. The highest BCUT2D eigenvalue weighted by atomic mass is 79.9. The summed E-state index contributed by atoms with van der Waals surface area (Å²) < 4.78 is 11.4. The molecular formula is C67H67BrN16O5. The fourth-order valence-electron chi connectivity index (χ4n) is 9.60. The second-order valence-corrected chi connectivity index (χ2v) is 21.5. The summed E-state index contributed by atoms with van der Waals surface area (Å²) in [6, 6.07) is 47.9. The summed E-state index contributed by atoms with van der Waals surface area (Å²) in [4.78, 5) is 43.2. The lowest BCUT2D eigenvalue weighted by Crippen LogP contribution is -2.21. The van der Waals surface area contributed by atoms with Gasteiger partial charge in [-0.25, -0.2) is 21.3 Å². The van der Waals surface area contributed by atoms with E-state index in [4.69, 9.17) is 9.47 Å². The Bertz CT molecular complexity index is 4210. The minimum Gasteiger partial charge on any atom is -0.497 e. The summed E-state index contributed by atoms with van der Waals surface area (Å²) in [5.74, 6) is 1.86. The lowest BCUT2D eigenvalue weighted by molar-refractivity contribution is 0.0941. The van der Waals surface area contributed by atoms with Crippen LogP contribution in [0.2, 0.25) is 0 Å². The van der Waals surface area contributed by atoms with Gasteiger partial charge >= 0.3 is 0 Å². The number of carbonyl (C=O) groups is 2. The number of halogens is 1. The number of ether oxygens (including phenoxy) is 2. The van der Waals surface area contributed by atoms with Crippen LogP contribution in [0.15, 0.2) is 188 Å². The van der Waals surface area contributed by atoms with E-state index in [0.29, 0.717) is 28.6 Å². The van der Waals surface area contributed by atoms with E-state index in [1.807, 2.05) is 141 Å². The predicted molar refractivity (Wildman–Crippen MR) is 354 cm³/mol. The van der Waals surface area contributed by atoms with Crippen molar-refractivity contribution in [3.8, 4) is 22.8 Å². The molecule has 0 spiro atoms. The lowest BCUT2D eigenvalue weighted by Gasteiger charge is -2.10. The fourth-order valence-corrected chi connectivity index (χ4v) is 9.86. The number of anilines is 2. The zero-order valence-corrected chi connectivity index (χ0v) is 51.4. The molecular weight excluding hydrogens is 1190 g/mol. The maximum Gasteiger partial charge on any atom is 0.292 e. The molecule has 0 radical (unpaired) electrons. The zero-order chi connectivity index (χ0) is 62.3. The van der Waals surface area contributed by atoms with Gasteiger partial charge in [-0.3, -0.25) is 35.0 Å². The Hall–Kier alpha value is -10.7. The first-order valence-electron chi connectivity index (χ1n) is 28.8. The zero-order valence-electron chi connectivity index (χ0n) is 49.8. The molecule has 12 rings (SSSR count). The number of hydrogen-bond donors (Lipinski definition) is 7. The molecule has 89 heavy (non-hydrogen) atoms. The minimum atomic E-state index is -0.279. The van der Waals surface area contributed by atoms with Crippen LogP contribution in [-0.4, -0.2) is 90.9 Å². The van der Waals surface area contributed by atoms with E-state index in [-0.39, 0.29) is 23.3 Å². The molecule has 0 atom stereocenters. The Morgan fingerprint density at radius 3 is 2.03 bits per heavy atom. The third-order valence-corrected chi connectivity index (χ3v) is 14.8. The molecule has 0 unspecified atom stereocenters. The predicted octanol–water partition coefficient (Wildman–Crippen LogP) is 11.9. The number of aromatic nitrogens is 8. The molecule has 7 N–H and O–H groups in total. The molecule has 0 aliphatic heterocycles. The Morgan fingerprint density at radius 2 is 1.30 bits per heavy atom. The molecule has 2 aliphatic rings. The van der Waals surface area contributed by atoms with E-state index in [9.17, 15) is 14.4 Å². The summed E-state index contributed by atoms with van der Waals surface area (Å²) in [7, 11) is 3.21. The summed E-state index contributed by atoms with van der Waals surface area (Å²) in [5.41, 5.74) is 24.1. The average Bonchev–Trinajstić information content (AvgIpc) is 2.98. The van der Waals surface area contributed by atoms with Crippen molar-refractivity contribution in [1.82, 2.24) is 51.4 Å². The number of nitrogens with zero attached hydrogens (tertiary/aromatic N) is 9. The first kappa shape index (κ1) is 62.8. The normalized spacial score (nSPS) is 12.5. The number of nitrogens with one attached hydrogen (secondary N) is 7. The number of fused-ring (bicyclic) bond motifs is 3. The molecule has 21 nitrogen and oxygen atoms in total. The molecule has 2 aliphatic carbocycles. The Kier molecular flexibility index (Phi) is 22.3. The number of aromatic amines is 3.